The lowest BCUT2D eigenvalue weighted by molar-refractivity contribution is -0.113. The summed E-state index contributed by atoms with van der Waals surface area (Å²) in [5, 5.41) is 12.1. The second-order valence-corrected chi connectivity index (χ2v) is 8.04. The van der Waals surface area contributed by atoms with Crippen LogP contribution >= 0.6 is 34.7 Å². The van der Waals surface area contributed by atoms with Gasteiger partial charge in [0.25, 0.3) is 5.22 Å². The van der Waals surface area contributed by atoms with Gasteiger partial charge < -0.3 is 9.73 Å². The molecule has 136 valence electrons. The smallest absolute Gasteiger partial charge is 0.277 e. The summed E-state index contributed by atoms with van der Waals surface area (Å²) in [5.74, 6) is 0.275. The fraction of sp³-hybridized carbons (Fsp3) is 0.111. The van der Waals surface area contributed by atoms with E-state index in [9.17, 15) is 4.79 Å². The van der Waals surface area contributed by atoms with Gasteiger partial charge in [-0.25, -0.2) is 4.98 Å². The molecule has 0 fully saturated rings. The fourth-order valence-corrected chi connectivity index (χ4v) is 4.14. The molecule has 4 aromatic rings. The Balaban J connectivity index is 1.38. The number of aryl methyl sites for hydroxylation is 1. The normalized spacial score (nSPS) is 11.0. The van der Waals surface area contributed by atoms with Crippen LogP contribution in [0.5, 0.6) is 0 Å². The van der Waals surface area contributed by atoms with Gasteiger partial charge in [0.15, 0.2) is 5.13 Å². The number of nitrogens with zero attached hydrogens (tertiary/aromatic N) is 3. The van der Waals surface area contributed by atoms with E-state index in [-0.39, 0.29) is 11.7 Å². The number of carbonyl (C=O) groups is 1. The molecule has 0 unspecified atom stereocenters. The molecule has 0 radical (unpaired) electrons. The predicted molar refractivity (Wildman–Crippen MR) is 108 cm³/mol. The van der Waals surface area contributed by atoms with E-state index >= 15 is 0 Å². The first-order valence-electron chi connectivity index (χ1n) is 7.97. The molecule has 1 N–H and O–H groups in total. The molecule has 0 bridgehead atoms. The van der Waals surface area contributed by atoms with Gasteiger partial charge in [0.05, 0.1) is 26.6 Å². The summed E-state index contributed by atoms with van der Waals surface area (Å²) >= 11 is 8.73. The van der Waals surface area contributed by atoms with Crippen molar-refractivity contribution >= 4 is 56.0 Å². The Kier molecular flexibility index (Phi) is 5.11. The lowest BCUT2D eigenvalue weighted by atomic mass is 10.2. The summed E-state index contributed by atoms with van der Waals surface area (Å²) in [5.41, 5.74) is 2.69. The van der Waals surface area contributed by atoms with Crippen LogP contribution in [0.15, 0.2) is 52.1 Å². The van der Waals surface area contributed by atoms with Gasteiger partial charge in [-0.05, 0) is 36.8 Å². The molecule has 2 heterocycles. The topological polar surface area (TPSA) is 80.9 Å². The average molecular weight is 417 g/mol. The van der Waals surface area contributed by atoms with Crippen molar-refractivity contribution in [2.75, 3.05) is 11.1 Å². The number of hydrogen-bond acceptors (Lipinski definition) is 7. The number of hydrogen-bond donors (Lipinski definition) is 1. The lowest BCUT2D eigenvalue weighted by Gasteiger charge is -1.99. The third kappa shape index (κ3) is 4.13. The molecule has 0 aliphatic heterocycles. The van der Waals surface area contributed by atoms with E-state index < -0.39 is 0 Å². The van der Waals surface area contributed by atoms with E-state index in [0.29, 0.717) is 26.8 Å². The molecular formula is C18H13ClN4O2S2. The van der Waals surface area contributed by atoms with Crippen LogP contribution in [0.25, 0.3) is 21.7 Å². The average Bonchev–Trinajstić information content (AvgIpc) is 3.26. The van der Waals surface area contributed by atoms with Crippen molar-refractivity contribution < 1.29 is 9.21 Å². The highest BCUT2D eigenvalue weighted by Crippen LogP contribution is 2.29. The maximum absolute atomic E-state index is 12.2. The second kappa shape index (κ2) is 7.67. The van der Waals surface area contributed by atoms with E-state index in [1.165, 1.54) is 11.3 Å². The maximum atomic E-state index is 12.2. The van der Waals surface area contributed by atoms with Crippen LogP contribution in [0.3, 0.4) is 0 Å². The SMILES string of the molecule is Cc1ccc2nc(NC(=O)CSc3nnc(-c4ccccc4Cl)o3)sc2c1. The van der Waals surface area contributed by atoms with Gasteiger partial charge in [0.2, 0.25) is 11.8 Å². The van der Waals surface area contributed by atoms with Crippen molar-refractivity contribution in [1.29, 1.82) is 0 Å². The van der Waals surface area contributed by atoms with E-state index in [4.69, 9.17) is 16.0 Å². The minimum absolute atomic E-state index is 0.138. The molecule has 1 amide bonds. The largest absolute Gasteiger partial charge is 0.411 e. The molecule has 0 saturated heterocycles. The van der Waals surface area contributed by atoms with E-state index in [1.54, 1.807) is 12.1 Å². The minimum Gasteiger partial charge on any atom is -0.411 e. The van der Waals surface area contributed by atoms with Crippen LogP contribution < -0.4 is 5.32 Å². The Morgan fingerprint density at radius 3 is 2.96 bits per heavy atom. The van der Waals surface area contributed by atoms with Crippen LogP contribution in [0.2, 0.25) is 5.02 Å². The molecule has 0 spiro atoms. The number of thioether (sulfide) groups is 1. The maximum Gasteiger partial charge on any atom is 0.277 e. The quantitative estimate of drug-likeness (QED) is 0.459. The Morgan fingerprint density at radius 1 is 1.26 bits per heavy atom. The minimum atomic E-state index is -0.187. The third-order valence-corrected chi connectivity index (χ3v) is 5.71. The van der Waals surface area contributed by atoms with Gasteiger partial charge in [-0.1, -0.05) is 52.9 Å². The first-order chi connectivity index (χ1) is 13.1. The van der Waals surface area contributed by atoms with Crippen LogP contribution in [0, 0.1) is 6.92 Å². The number of aromatic nitrogens is 3. The Hall–Kier alpha value is -2.42. The van der Waals surface area contributed by atoms with Gasteiger partial charge in [0, 0.05) is 0 Å². The van der Waals surface area contributed by atoms with Crippen LogP contribution in [0.4, 0.5) is 5.13 Å². The van der Waals surface area contributed by atoms with Crippen LogP contribution in [-0.2, 0) is 4.79 Å². The van der Waals surface area contributed by atoms with Gasteiger partial charge >= 0.3 is 0 Å². The van der Waals surface area contributed by atoms with Crippen molar-refractivity contribution in [3.8, 4) is 11.5 Å². The molecule has 4 rings (SSSR count). The van der Waals surface area contributed by atoms with Gasteiger partial charge in [-0.3, -0.25) is 4.79 Å². The number of rotatable bonds is 5. The number of carbonyl (C=O) groups excluding carboxylic acids is 1. The van der Waals surface area contributed by atoms with E-state index in [1.807, 2.05) is 37.3 Å². The number of anilines is 1. The first kappa shape index (κ1) is 18.0. The number of amides is 1. The van der Waals surface area contributed by atoms with Crippen molar-refractivity contribution in [1.82, 2.24) is 15.2 Å². The van der Waals surface area contributed by atoms with Crippen molar-refractivity contribution in [2.45, 2.75) is 12.1 Å². The highest BCUT2D eigenvalue weighted by atomic mass is 35.5. The zero-order valence-corrected chi connectivity index (χ0v) is 16.5. The number of benzene rings is 2. The summed E-state index contributed by atoms with van der Waals surface area (Å²) in [6, 6.07) is 13.2. The molecule has 27 heavy (non-hydrogen) atoms. The van der Waals surface area contributed by atoms with E-state index in [0.717, 1.165) is 27.5 Å². The van der Waals surface area contributed by atoms with Gasteiger partial charge in [0.1, 0.15) is 0 Å². The van der Waals surface area contributed by atoms with Crippen molar-refractivity contribution in [2.24, 2.45) is 0 Å². The number of halogens is 1. The molecule has 0 aliphatic rings. The predicted octanol–water partition coefficient (Wildman–Crippen LogP) is 5.04. The summed E-state index contributed by atoms with van der Waals surface area (Å²) in [6.07, 6.45) is 0. The fourth-order valence-electron chi connectivity index (χ4n) is 2.38. The standard InChI is InChI=1S/C18H13ClN4O2S2/c1-10-6-7-13-14(8-10)27-17(20-13)21-15(24)9-26-18-23-22-16(25-18)11-4-2-3-5-12(11)19/h2-8H,9H2,1H3,(H,20,21,24). The Bertz CT molecular complexity index is 1130. The lowest BCUT2D eigenvalue weighted by Crippen LogP contribution is -2.13. The molecule has 0 saturated carbocycles. The molecule has 0 aliphatic carbocycles. The molecule has 2 aromatic heterocycles. The molecule has 2 aromatic carbocycles. The van der Waals surface area contributed by atoms with Crippen molar-refractivity contribution in [3.63, 3.8) is 0 Å². The monoisotopic (exact) mass is 416 g/mol. The zero-order valence-electron chi connectivity index (χ0n) is 14.1. The molecular weight excluding hydrogens is 404 g/mol. The molecule has 9 heteroatoms. The summed E-state index contributed by atoms with van der Waals surface area (Å²) in [4.78, 5) is 16.6. The molecule has 0 atom stereocenters. The van der Waals surface area contributed by atoms with E-state index in [2.05, 4.69) is 20.5 Å². The van der Waals surface area contributed by atoms with Crippen LogP contribution in [0.1, 0.15) is 5.56 Å². The van der Waals surface area contributed by atoms with Gasteiger partial charge in [-0.15, -0.1) is 10.2 Å². The highest BCUT2D eigenvalue weighted by Gasteiger charge is 2.14. The summed E-state index contributed by atoms with van der Waals surface area (Å²) in [7, 11) is 0. The summed E-state index contributed by atoms with van der Waals surface area (Å²) < 4.78 is 6.62. The number of thiazole rings is 1. The Morgan fingerprint density at radius 2 is 2.11 bits per heavy atom. The second-order valence-electron chi connectivity index (χ2n) is 5.68. The highest BCUT2D eigenvalue weighted by molar-refractivity contribution is 7.99. The van der Waals surface area contributed by atoms with Gasteiger partial charge in [-0.2, -0.15) is 0 Å². The summed E-state index contributed by atoms with van der Waals surface area (Å²) in [6.45, 7) is 2.02. The first-order valence-corrected chi connectivity index (χ1v) is 10.1. The Labute approximate surface area is 168 Å². The number of nitrogens with one attached hydrogen (secondary N) is 1. The van der Waals surface area contributed by atoms with Crippen LogP contribution in [-0.4, -0.2) is 26.8 Å². The van der Waals surface area contributed by atoms with Crippen molar-refractivity contribution in [3.05, 3.63) is 53.1 Å². The third-order valence-electron chi connectivity index (χ3n) is 3.63. The zero-order chi connectivity index (χ0) is 18.8. The number of fused-ring (bicyclic) bond motifs is 1. The molecule has 6 nitrogen and oxygen atoms in total.